The molecule has 0 bridgehead atoms. The van der Waals surface area contributed by atoms with Crippen LogP contribution >= 0.6 is 0 Å². The van der Waals surface area contributed by atoms with E-state index in [0.29, 0.717) is 11.5 Å². The first-order valence-corrected chi connectivity index (χ1v) is 6.07. The number of nitrogens with zero attached hydrogens (tertiary/aromatic N) is 2. The summed E-state index contributed by atoms with van der Waals surface area (Å²) in [6.07, 6.45) is 0.103. The van der Waals surface area contributed by atoms with Gasteiger partial charge in [0.1, 0.15) is 12.3 Å². The van der Waals surface area contributed by atoms with Crippen molar-refractivity contribution in [3.63, 3.8) is 0 Å². The second-order valence-corrected chi connectivity index (χ2v) is 5.52. The second-order valence-electron chi connectivity index (χ2n) is 5.52. The summed E-state index contributed by atoms with van der Waals surface area (Å²) in [6.45, 7) is 8.61. The van der Waals surface area contributed by atoms with Gasteiger partial charge in [0.05, 0.1) is 12.1 Å². The Morgan fingerprint density at radius 2 is 1.89 bits per heavy atom. The lowest BCUT2D eigenvalue weighted by atomic mass is 10.0. The molecular formula is C13H20N2O4. The zero-order chi connectivity index (χ0) is 14.8. The van der Waals surface area contributed by atoms with Crippen molar-refractivity contribution in [2.45, 2.75) is 46.6 Å². The van der Waals surface area contributed by atoms with Crippen molar-refractivity contribution < 1.29 is 19.2 Å². The van der Waals surface area contributed by atoms with Gasteiger partial charge in [-0.1, -0.05) is 5.16 Å². The third-order valence-corrected chi connectivity index (χ3v) is 2.91. The Morgan fingerprint density at radius 3 is 2.26 bits per heavy atom. The monoisotopic (exact) mass is 268 g/mol. The maximum absolute atomic E-state index is 12.3. The first-order valence-electron chi connectivity index (χ1n) is 6.07. The Hall–Kier alpha value is -1.85. The maximum Gasteiger partial charge on any atom is 0.323 e. The fourth-order valence-corrected chi connectivity index (χ4v) is 1.84. The van der Waals surface area contributed by atoms with E-state index in [1.165, 1.54) is 4.90 Å². The number of hydrogen-bond donors (Lipinski definition) is 1. The molecule has 106 valence electrons. The smallest absolute Gasteiger partial charge is 0.323 e. The van der Waals surface area contributed by atoms with Crippen LogP contribution in [0.4, 0.5) is 0 Å². The van der Waals surface area contributed by atoms with Crippen LogP contribution in [0.1, 0.15) is 37.8 Å². The van der Waals surface area contributed by atoms with E-state index in [-0.39, 0.29) is 18.9 Å². The largest absolute Gasteiger partial charge is 0.480 e. The zero-order valence-electron chi connectivity index (χ0n) is 12.0. The molecule has 0 aromatic carbocycles. The minimum atomic E-state index is -1.03. The summed E-state index contributed by atoms with van der Waals surface area (Å²) in [5.74, 6) is -0.679. The Bertz CT molecular complexity index is 466. The Labute approximate surface area is 112 Å². The van der Waals surface area contributed by atoms with E-state index >= 15 is 0 Å². The molecule has 0 saturated carbocycles. The van der Waals surface area contributed by atoms with Crippen LogP contribution < -0.4 is 0 Å². The molecule has 0 aliphatic carbocycles. The summed E-state index contributed by atoms with van der Waals surface area (Å²) in [5.41, 5.74) is 0.841. The Kier molecular flexibility index (Phi) is 4.34. The van der Waals surface area contributed by atoms with Crippen molar-refractivity contribution in [3.05, 3.63) is 17.0 Å². The van der Waals surface area contributed by atoms with Crippen molar-refractivity contribution in [3.8, 4) is 0 Å². The molecule has 0 fully saturated rings. The molecular weight excluding hydrogens is 248 g/mol. The van der Waals surface area contributed by atoms with Crippen molar-refractivity contribution >= 4 is 11.9 Å². The van der Waals surface area contributed by atoms with Crippen LogP contribution in [0, 0.1) is 13.8 Å². The number of amides is 1. The highest BCUT2D eigenvalue weighted by atomic mass is 16.5. The van der Waals surface area contributed by atoms with Gasteiger partial charge in [0.15, 0.2) is 0 Å². The minimum Gasteiger partial charge on any atom is -0.480 e. The molecule has 1 heterocycles. The van der Waals surface area contributed by atoms with Crippen LogP contribution in [0.15, 0.2) is 4.52 Å². The summed E-state index contributed by atoms with van der Waals surface area (Å²) in [4.78, 5) is 24.5. The molecule has 6 nitrogen and oxygen atoms in total. The van der Waals surface area contributed by atoms with E-state index in [1.807, 2.05) is 0 Å². The number of aryl methyl sites for hydroxylation is 2. The fourth-order valence-electron chi connectivity index (χ4n) is 1.84. The highest BCUT2D eigenvalue weighted by Gasteiger charge is 2.29. The average Bonchev–Trinajstić information content (AvgIpc) is 2.55. The van der Waals surface area contributed by atoms with Crippen molar-refractivity contribution in [1.82, 2.24) is 10.1 Å². The van der Waals surface area contributed by atoms with E-state index < -0.39 is 11.5 Å². The second kappa shape index (κ2) is 5.42. The lowest BCUT2D eigenvalue weighted by Crippen LogP contribution is -2.48. The number of hydrogen-bond acceptors (Lipinski definition) is 4. The highest BCUT2D eigenvalue weighted by Crippen LogP contribution is 2.18. The van der Waals surface area contributed by atoms with Gasteiger partial charge in [0, 0.05) is 11.1 Å². The molecule has 1 amide bonds. The van der Waals surface area contributed by atoms with E-state index in [9.17, 15) is 9.59 Å². The number of aliphatic carboxylic acids is 1. The molecule has 0 unspecified atom stereocenters. The molecule has 0 aliphatic rings. The van der Waals surface area contributed by atoms with Gasteiger partial charge in [-0.2, -0.15) is 0 Å². The van der Waals surface area contributed by atoms with Crippen molar-refractivity contribution in [1.29, 1.82) is 0 Å². The standard InChI is InChI=1S/C13H20N2O4/c1-8-10(9(2)19-14-8)6-11(16)15(7-12(17)18)13(3,4)5/h6-7H2,1-5H3,(H,17,18). The maximum atomic E-state index is 12.3. The molecule has 0 aliphatic heterocycles. The predicted molar refractivity (Wildman–Crippen MR) is 68.8 cm³/mol. The summed E-state index contributed by atoms with van der Waals surface area (Å²) in [7, 11) is 0. The highest BCUT2D eigenvalue weighted by molar-refractivity contribution is 5.84. The number of carboxylic acids is 1. The van der Waals surface area contributed by atoms with Crippen LogP contribution in [0.25, 0.3) is 0 Å². The quantitative estimate of drug-likeness (QED) is 0.895. The van der Waals surface area contributed by atoms with Gasteiger partial charge in [-0.3, -0.25) is 9.59 Å². The average molecular weight is 268 g/mol. The molecule has 1 aromatic heterocycles. The van der Waals surface area contributed by atoms with Crippen molar-refractivity contribution in [2.24, 2.45) is 0 Å². The topological polar surface area (TPSA) is 83.6 Å². The van der Waals surface area contributed by atoms with Gasteiger partial charge >= 0.3 is 5.97 Å². The summed E-state index contributed by atoms with van der Waals surface area (Å²) >= 11 is 0. The first kappa shape index (κ1) is 15.2. The van der Waals surface area contributed by atoms with Crippen LogP contribution in [0.5, 0.6) is 0 Å². The molecule has 1 N–H and O–H groups in total. The minimum absolute atomic E-state index is 0.103. The van der Waals surface area contributed by atoms with Gasteiger partial charge in [-0.05, 0) is 34.6 Å². The van der Waals surface area contributed by atoms with E-state index in [2.05, 4.69) is 5.16 Å². The number of aromatic nitrogens is 1. The van der Waals surface area contributed by atoms with E-state index in [1.54, 1.807) is 34.6 Å². The molecule has 0 spiro atoms. The number of carboxylic acid groups (broad SMARTS) is 1. The van der Waals surface area contributed by atoms with Crippen LogP contribution in [-0.2, 0) is 16.0 Å². The SMILES string of the molecule is Cc1noc(C)c1CC(=O)N(CC(=O)O)C(C)(C)C. The third-order valence-electron chi connectivity index (χ3n) is 2.91. The zero-order valence-corrected chi connectivity index (χ0v) is 12.0. The van der Waals surface area contributed by atoms with E-state index in [4.69, 9.17) is 9.63 Å². The van der Waals surface area contributed by atoms with Gasteiger partial charge in [0.2, 0.25) is 5.91 Å². The summed E-state index contributed by atoms with van der Waals surface area (Å²) < 4.78 is 5.01. The molecule has 0 saturated heterocycles. The van der Waals surface area contributed by atoms with Crippen LogP contribution in [-0.4, -0.2) is 39.1 Å². The molecule has 0 atom stereocenters. The summed E-state index contributed by atoms with van der Waals surface area (Å²) in [5, 5.41) is 12.7. The molecule has 19 heavy (non-hydrogen) atoms. The normalized spacial score (nSPS) is 11.4. The van der Waals surface area contributed by atoms with Gasteiger partial charge < -0.3 is 14.5 Å². The van der Waals surface area contributed by atoms with Crippen molar-refractivity contribution in [2.75, 3.05) is 6.54 Å². The lowest BCUT2D eigenvalue weighted by Gasteiger charge is -2.34. The number of carbonyl (C=O) groups excluding carboxylic acids is 1. The number of rotatable bonds is 4. The lowest BCUT2D eigenvalue weighted by molar-refractivity contribution is -0.147. The first-order chi connectivity index (χ1) is 8.62. The van der Waals surface area contributed by atoms with Gasteiger partial charge in [-0.15, -0.1) is 0 Å². The van der Waals surface area contributed by atoms with Gasteiger partial charge in [-0.25, -0.2) is 0 Å². The van der Waals surface area contributed by atoms with Crippen LogP contribution in [0.2, 0.25) is 0 Å². The predicted octanol–water partition coefficient (Wildman–Crippen LogP) is 1.55. The number of carbonyl (C=O) groups is 2. The molecule has 1 aromatic rings. The van der Waals surface area contributed by atoms with Crippen LogP contribution in [0.3, 0.4) is 0 Å². The Morgan fingerprint density at radius 1 is 1.32 bits per heavy atom. The van der Waals surface area contributed by atoms with E-state index in [0.717, 1.165) is 5.56 Å². The van der Waals surface area contributed by atoms with Gasteiger partial charge in [0.25, 0.3) is 0 Å². The summed E-state index contributed by atoms with van der Waals surface area (Å²) in [6, 6.07) is 0. The molecule has 1 rings (SSSR count). The fraction of sp³-hybridized carbons (Fsp3) is 0.615. The Balaban J connectivity index is 2.92. The molecule has 6 heteroatoms. The third kappa shape index (κ3) is 3.81. The molecule has 0 radical (unpaired) electrons.